The maximum atomic E-state index is 12.5. The van der Waals surface area contributed by atoms with Crippen molar-refractivity contribution in [2.75, 3.05) is 18.2 Å². The summed E-state index contributed by atoms with van der Waals surface area (Å²) in [6.07, 6.45) is 0.142. The van der Waals surface area contributed by atoms with E-state index in [4.69, 9.17) is 21.1 Å². The average Bonchev–Trinajstić information content (AvgIpc) is 3.11. The molecule has 2 fully saturated rings. The molecule has 2 aliphatic rings. The van der Waals surface area contributed by atoms with Gasteiger partial charge < -0.3 is 19.7 Å². The number of anilines is 1. The van der Waals surface area contributed by atoms with Gasteiger partial charge in [0.1, 0.15) is 11.8 Å². The predicted octanol–water partition coefficient (Wildman–Crippen LogP) is 2.67. The van der Waals surface area contributed by atoms with E-state index in [1.165, 1.54) is 14.0 Å². The van der Waals surface area contributed by atoms with Gasteiger partial charge in [0, 0.05) is 17.9 Å². The molecule has 1 N–H and O–H groups in total. The van der Waals surface area contributed by atoms with E-state index in [1.807, 2.05) is 6.92 Å². The van der Waals surface area contributed by atoms with E-state index in [9.17, 15) is 14.4 Å². The van der Waals surface area contributed by atoms with E-state index in [-0.39, 0.29) is 10.8 Å². The minimum atomic E-state index is -1.01. The van der Waals surface area contributed by atoms with Crippen molar-refractivity contribution >= 4 is 46.8 Å². The molecule has 1 aromatic carbocycles. The van der Waals surface area contributed by atoms with E-state index in [0.29, 0.717) is 35.1 Å². The van der Waals surface area contributed by atoms with Crippen LogP contribution in [0.25, 0.3) is 0 Å². The number of methoxy groups -OCH3 is 1. The molecule has 0 spiro atoms. The highest BCUT2D eigenvalue weighted by molar-refractivity contribution is 8.01. The second-order valence-electron chi connectivity index (χ2n) is 6.68. The van der Waals surface area contributed by atoms with Crippen molar-refractivity contribution in [3.8, 4) is 5.75 Å². The first-order valence-electron chi connectivity index (χ1n) is 8.56. The number of hydrogen-bond donors (Lipinski definition) is 1. The average molecular weight is 413 g/mol. The number of rotatable bonds is 5. The Morgan fingerprint density at radius 2 is 2.19 bits per heavy atom. The van der Waals surface area contributed by atoms with Crippen molar-refractivity contribution in [2.24, 2.45) is 0 Å². The zero-order valence-electron chi connectivity index (χ0n) is 15.3. The molecule has 3 atom stereocenters. The van der Waals surface area contributed by atoms with Gasteiger partial charge in [-0.05, 0) is 38.5 Å². The minimum Gasteiger partial charge on any atom is -0.495 e. The van der Waals surface area contributed by atoms with Crippen molar-refractivity contribution < 1.29 is 23.9 Å². The lowest BCUT2D eigenvalue weighted by atomic mass is 10.2. The number of carbonyl (C=O) groups excluding carboxylic acids is 3. The summed E-state index contributed by atoms with van der Waals surface area (Å²) in [6.45, 7) is 3.45. The quantitative estimate of drug-likeness (QED) is 0.748. The molecule has 7 nitrogen and oxygen atoms in total. The number of esters is 1. The molecule has 0 radical (unpaired) electrons. The Hall–Kier alpha value is -1.93. The molecule has 0 unspecified atom stereocenters. The number of halogens is 1. The highest BCUT2D eigenvalue weighted by Gasteiger charge is 2.53. The topological polar surface area (TPSA) is 84.9 Å². The Labute approximate surface area is 166 Å². The van der Waals surface area contributed by atoms with Crippen LogP contribution in [0.2, 0.25) is 5.02 Å². The first-order chi connectivity index (χ1) is 12.7. The summed E-state index contributed by atoms with van der Waals surface area (Å²) in [5, 5.41) is 3.01. The molecule has 0 aromatic heterocycles. The normalized spacial score (nSPS) is 25.1. The predicted molar refractivity (Wildman–Crippen MR) is 103 cm³/mol. The highest BCUT2D eigenvalue weighted by Crippen LogP contribution is 2.47. The van der Waals surface area contributed by atoms with Crippen LogP contribution in [-0.2, 0) is 19.1 Å². The number of nitrogens with zero attached hydrogens (tertiary/aromatic N) is 1. The summed E-state index contributed by atoms with van der Waals surface area (Å²) in [5.74, 6) is -0.119. The Morgan fingerprint density at radius 1 is 1.44 bits per heavy atom. The third-order valence-electron chi connectivity index (χ3n) is 4.80. The third-order valence-corrected chi connectivity index (χ3v) is 6.60. The number of carbonyl (C=O) groups is 3. The highest BCUT2D eigenvalue weighted by atomic mass is 35.5. The molecule has 2 heterocycles. The number of nitrogens with one attached hydrogen (secondary N) is 1. The maximum absolute atomic E-state index is 12.5. The maximum Gasteiger partial charge on any atom is 0.330 e. The number of thioether (sulfide) groups is 1. The first-order valence-corrected chi connectivity index (χ1v) is 9.92. The lowest BCUT2D eigenvalue weighted by molar-refractivity contribution is -0.160. The number of fused-ring (bicyclic) bond motifs is 1. The minimum absolute atomic E-state index is 0.0468. The van der Waals surface area contributed by atoms with Crippen LogP contribution in [0, 0.1) is 0 Å². The zero-order chi connectivity index (χ0) is 19.8. The number of hydrogen-bond acceptors (Lipinski definition) is 6. The number of amides is 2. The Kier molecular flexibility index (Phi) is 5.58. The molecule has 27 heavy (non-hydrogen) atoms. The molecule has 146 valence electrons. The summed E-state index contributed by atoms with van der Waals surface area (Å²) in [7, 11) is 1.50. The Balaban J connectivity index is 1.60. The van der Waals surface area contributed by atoms with Gasteiger partial charge in [-0.1, -0.05) is 11.6 Å². The summed E-state index contributed by atoms with van der Waals surface area (Å²) in [4.78, 5) is 38.2. The summed E-state index contributed by atoms with van der Waals surface area (Å²) < 4.78 is 10.4. The van der Waals surface area contributed by atoms with Gasteiger partial charge in [-0.15, -0.1) is 11.8 Å². The van der Waals surface area contributed by atoms with Crippen LogP contribution in [0.1, 0.15) is 26.7 Å². The molecular formula is C18H21ClN2O5S. The van der Waals surface area contributed by atoms with Crippen LogP contribution in [0.4, 0.5) is 5.69 Å². The molecule has 3 rings (SSSR count). The SMILES string of the molecule is COc1ccc(NC(=O)[C@H](C)OC(=O)[C@H]2CS[C@@]3(C)CCC(=O)N23)cc1Cl. The first kappa shape index (κ1) is 19.8. The fourth-order valence-electron chi connectivity index (χ4n) is 3.29. The molecule has 9 heteroatoms. The molecule has 2 amide bonds. The Morgan fingerprint density at radius 3 is 2.85 bits per heavy atom. The fourth-order valence-corrected chi connectivity index (χ4v) is 4.96. The van der Waals surface area contributed by atoms with Crippen LogP contribution >= 0.6 is 23.4 Å². The van der Waals surface area contributed by atoms with Crippen molar-refractivity contribution in [1.82, 2.24) is 4.90 Å². The monoisotopic (exact) mass is 412 g/mol. The molecule has 0 aliphatic carbocycles. The molecular weight excluding hydrogens is 392 g/mol. The van der Waals surface area contributed by atoms with Gasteiger partial charge in [-0.3, -0.25) is 9.59 Å². The molecule has 0 bridgehead atoms. The summed E-state index contributed by atoms with van der Waals surface area (Å²) in [5.41, 5.74) is 0.465. The number of benzene rings is 1. The van der Waals surface area contributed by atoms with Gasteiger partial charge in [-0.25, -0.2) is 4.79 Å². The second kappa shape index (κ2) is 7.59. The van der Waals surface area contributed by atoms with Crippen molar-refractivity contribution in [3.05, 3.63) is 23.2 Å². The second-order valence-corrected chi connectivity index (χ2v) is 8.59. The smallest absolute Gasteiger partial charge is 0.330 e. The van der Waals surface area contributed by atoms with Gasteiger partial charge in [0.2, 0.25) is 5.91 Å². The van der Waals surface area contributed by atoms with Crippen LogP contribution in [0.15, 0.2) is 18.2 Å². The third kappa shape index (κ3) is 3.87. The van der Waals surface area contributed by atoms with Crippen LogP contribution in [-0.4, -0.2) is 52.6 Å². The lowest BCUT2D eigenvalue weighted by Crippen LogP contribution is -2.48. The van der Waals surface area contributed by atoms with Gasteiger partial charge >= 0.3 is 5.97 Å². The van der Waals surface area contributed by atoms with Gasteiger partial charge in [0.05, 0.1) is 17.0 Å². The zero-order valence-corrected chi connectivity index (χ0v) is 16.9. The van der Waals surface area contributed by atoms with Crippen molar-refractivity contribution in [2.45, 2.75) is 43.7 Å². The van der Waals surface area contributed by atoms with Crippen LogP contribution < -0.4 is 10.1 Å². The van der Waals surface area contributed by atoms with E-state index in [0.717, 1.165) is 0 Å². The molecule has 1 aromatic rings. The molecule has 2 aliphatic heterocycles. The fraction of sp³-hybridized carbons (Fsp3) is 0.500. The van der Waals surface area contributed by atoms with Gasteiger partial charge in [-0.2, -0.15) is 0 Å². The summed E-state index contributed by atoms with van der Waals surface area (Å²) >= 11 is 7.62. The molecule has 2 saturated heterocycles. The largest absolute Gasteiger partial charge is 0.495 e. The van der Waals surface area contributed by atoms with Gasteiger partial charge in [0.25, 0.3) is 5.91 Å². The lowest BCUT2D eigenvalue weighted by Gasteiger charge is -2.29. The van der Waals surface area contributed by atoms with Crippen molar-refractivity contribution in [1.29, 1.82) is 0 Å². The van der Waals surface area contributed by atoms with E-state index in [2.05, 4.69) is 5.32 Å². The Bertz CT molecular complexity index is 789. The van der Waals surface area contributed by atoms with Crippen LogP contribution in [0.3, 0.4) is 0 Å². The van der Waals surface area contributed by atoms with E-state index >= 15 is 0 Å². The van der Waals surface area contributed by atoms with Gasteiger partial charge in [0.15, 0.2) is 6.10 Å². The van der Waals surface area contributed by atoms with E-state index in [1.54, 1.807) is 34.9 Å². The van der Waals surface area contributed by atoms with Crippen molar-refractivity contribution in [3.63, 3.8) is 0 Å². The molecule has 0 saturated carbocycles. The standard InChI is InChI=1S/C18H21ClN2O5S/c1-10(16(23)20-11-4-5-14(25-3)12(19)8-11)26-17(24)13-9-27-18(2)7-6-15(22)21(13)18/h4-5,8,10,13H,6-7,9H2,1-3H3,(H,20,23)/t10-,13+,18-/m0/s1. The summed E-state index contributed by atoms with van der Waals surface area (Å²) in [6, 6.07) is 4.17. The van der Waals surface area contributed by atoms with Crippen LogP contribution in [0.5, 0.6) is 5.75 Å². The van der Waals surface area contributed by atoms with E-state index < -0.39 is 24.0 Å². The number of ether oxygens (including phenoxy) is 2.